The van der Waals surface area contributed by atoms with Crippen LogP contribution < -0.4 is 10.6 Å². The molecular formula is C25H30Cl2N2O3. The third kappa shape index (κ3) is 6.17. The van der Waals surface area contributed by atoms with Crippen molar-refractivity contribution >= 4 is 40.8 Å². The molecule has 0 aromatic heterocycles. The Morgan fingerprint density at radius 3 is 2.47 bits per heavy atom. The SMILES string of the molecule is COC(=O)C1CCC(CNC(=O)c2ccc(NC(C)c3cc(Cl)ccc3Cl)c(C)c2)CC1. The fraction of sp³-hybridized carbons (Fsp3) is 0.440. The van der Waals surface area contributed by atoms with Gasteiger partial charge in [-0.15, -0.1) is 0 Å². The minimum Gasteiger partial charge on any atom is -0.469 e. The third-order valence-corrected chi connectivity index (χ3v) is 6.80. The second-order valence-corrected chi connectivity index (χ2v) is 9.36. The van der Waals surface area contributed by atoms with E-state index in [-0.39, 0.29) is 23.8 Å². The van der Waals surface area contributed by atoms with E-state index in [9.17, 15) is 9.59 Å². The van der Waals surface area contributed by atoms with Gasteiger partial charge in [-0.2, -0.15) is 0 Å². The number of ether oxygens (including phenoxy) is 1. The van der Waals surface area contributed by atoms with Crippen LogP contribution in [0.5, 0.6) is 0 Å². The first kappa shape index (κ1) is 24.4. The van der Waals surface area contributed by atoms with Gasteiger partial charge in [0.25, 0.3) is 5.91 Å². The average molecular weight is 477 g/mol. The van der Waals surface area contributed by atoms with Gasteiger partial charge in [0.05, 0.1) is 19.1 Å². The molecule has 7 heteroatoms. The maximum absolute atomic E-state index is 12.7. The summed E-state index contributed by atoms with van der Waals surface area (Å²) in [5.74, 6) is 0.188. The lowest BCUT2D eigenvalue weighted by atomic mass is 9.82. The highest BCUT2D eigenvalue weighted by Gasteiger charge is 2.27. The monoisotopic (exact) mass is 476 g/mol. The van der Waals surface area contributed by atoms with Crippen molar-refractivity contribution in [3.63, 3.8) is 0 Å². The number of nitrogens with one attached hydrogen (secondary N) is 2. The molecule has 0 bridgehead atoms. The Bertz CT molecular complexity index is 972. The fourth-order valence-corrected chi connectivity index (χ4v) is 4.69. The zero-order chi connectivity index (χ0) is 23.3. The van der Waals surface area contributed by atoms with Crippen LogP contribution in [0, 0.1) is 18.8 Å². The number of benzene rings is 2. The van der Waals surface area contributed by atoms with Crippen molar-refractivity contribution in [1.82, 2.24) is 5.32 Å². The van der Waals surface area contributed by atoms with E-state index in [1.54, 1.807) is 12.1 Å². The highest BCUT2D eigenvalue weighted by Crippen LogP contribution is 2.31. The Kier molecular flexibility index (Phi) is 8.44. The highest BCUT2D eigenvalue weighted by atomic mass is 35.5. The molecule has 0 heterocycles. The van der Waals surface area contributed by atoms with Gasteiger partial charge < -0.3 is 15.4 Å². The number of hydrogen-bond acceptors (Lipinski definition) is 4. The van der Waals surface area contributed by atoms with Crippen LogP contribution in [-0.4, -0.2) is 25.5 Å². The average Bonchev–Trinajstić information content (AvgIpc) is 2.80. The van der Waals surface area contributed by atoms with Crippen LogP contribution >= 0.6 is 23.2 Å². The summed E-state index contributed by atoms with van der Waals surface area (Å²) < 4.78 is 4.84. The number of carbonyl (C=O) groups excluding carboxylic acids is 2. The third-order valence-electron chi connectivity index (χ3n) is 6.22. The first-order valence-corrected chi connectivity index (χ1v) is 11.7. The number of halogens is 2. The number of anilines is 1. The quantitative estimate of drug-likeness (QED) is 0.467. The van der Waals surface area contributed by atoms with E-state index in [1.807, 2.05) is 38.1 Å². The van der Waals surface area contributed by atoms with Crippen LogP contribution in [0.15, 0.2) is 36.4 Å². The van der Waals surface area contributed by atoms with Gasteiger partial charge in [-0.1, -0.05) is 23.2 Å². The molecule has 172 valence electrons. The van der Waals surface area contributed by atoms with Crippen LogP contribution in [0.3, 0.4) is 0 Å². The van der Waals surface area contributed by atoms with Crippen molar-refractivity contribution in [3.05, 3.63) is 63.1 Å². The van der Waals surface area contributed by atoms with Crippen molar-refractivity contribution in [1.29, 1.82) is 0 Å². The highest BCUT2D eigenvalue weighted by molar-refractivity contribution is 6.33. The number of rotatable bonds is 7. The molecule has 1 aliphatic carbocycles. The zero-order valence-corrected chi connectivity index (χ0v) is 20.2. The van der Waals surface area contributed by atoms with Gasteiger partial charge >= 0.3 is 5.97 Å². The lowest BCUT2D eigenvalue weighted by Crippen LogP contribution is -2.32. The predicted octanol–water partition coefficient (Wildman–Crippen LogP) is 6.18. The summed E-state index contributed by atoms with van der Waals surface area (Å²) in [7, 11) is 1.44. The van der Waals surface area contributed by atoms with Gasteiger partial charge in [-0.25, -0.2) is 0 Å². The topological polar surface area (TPSA) is 67.4 Å². The van der Waals surface area contributed by atoms with Crippen molar-refractivity contribution in [2.45, 2.75) is 45.6 Å². The summed E-state index contributed by atoms with van der Waals surface area (Å²) in [6.07, 6.45) is 3.49. The molecule has 5 nitrogen and oxygen atoms in total. The van der Waals surface area contributed by atoms with E-state index >= 15 is 0 Å². The lowest BCUT2D eigenvalue weighted by Gasteiger charge is -2.27. The van der Waals surface area contributed by atoms with E-state index in [1.165, 1.54) is 7.11 Å². The van der Waals surface area contributed by atoms with Gasteiger partial charge in [0.2, 0.25) is 0 Å². The maximum Gasteiger partial charge on any atom is 0.308 e. The summed E-state index contributed by atoms with van der Waals surface area (Å²) in [5, 5.41) is 7.79. The number of amides is 1. The standard InChI is InChI=1S/C25H30Cl2N2O3/c1-15-12-19(24(30)28-14-17-4-6-18(7-5-17)25(31)32-3)8-11-23(15)29-16(2)21-13-20(26)9-10-22(21)27/h8-13,16-18,29H,4-7,14H2,1-3H3,(H,28,30). The Hall–Kier alpha value is -2.24. The Balaban J connectivity index is 1.55. The van der Waals surface area contributed by atoms with Gasteiger partial charge in [-0.3, -0.25) is 9.59 Å². The van der Waals surface area contributed by atoms with E-state index in [0.717, 1.165) is 42.5 Å². The normalized spacial score (nSPS) is 19.2. The van der Waals surface area contributed by atoms with Crippen molar-refractivity contribution < 1.29 is 14.3 Å². The minimum atomic E-state index is -0.122. The number of methoxy groups -OCH3 is 1. The zero-order valence-electron chi connectivity index (χ0n) is 18.7. The number of hydrogen-bond donors (Lipinski definition) is 2. The molecule has 1 unspecified atom stereocenters. The molecule has 1 fully saturated rings. The Morgan fingerprint density at radius 1 is 1.09 bits per heavy atom. The molecule has 1 atom stereocenters. The Morgan fingerprint density at radius 2 is 1.81 bits per heavy atom. The largest absolute Gasteiger partial charge is 0.469 e. The van der Waals surface area contributed by atoms with E-state index in [4.69, 9.17) is 27.9 Å². The first-order chi connectivity index (χ1) is 15.3. The molecule has 32 heavy (non-hydrogen) atoms. The molecule has 2 aromatic carbocycles. The molecule has 0 radical (unpaired) electrons. The van der Waals surface area contributed by atoms with E-state index in [2.05, 4.69) is 10.6 Å². The van der Waals surface area contributed by atoms with Gasteiger partial charge in [-0.05, 0) is 93.0 Å². The Labute approximate surface area is 199 Å². The van der Waals surface area contributed by atoms with Crippen LogP contribution in [0.2, 0.25) is 10.0 Å². The van der Waals surface area contributed by atoms with Gasteiger partial charge in [0.1, 0.15) is 0 Å². The second-order valence-electron chi connectivity index (χ2n) is 8.51. The molecule has 0 aliphatic heterocycles. The molecule has 3 rings (SSSR count). The van der Waals surface area contributed by atoms with Crippen LogP contribution in [0.4, 0.5) is 5.69 Å². The molecule has 1 amide bonds. The van der Waals surface area contributed by atoms with Gasteiger partial charge in [0, 0.05) is 27.8 Å². The van der Waals surface area contributed by atoms with Crippen LogP contribution in [0.25, 0.3) is 0 Å². The maximum atomic E-state index is 12.7. The lowest BCUT2D eigenvalue weighted by molar-refractivity contribution is -0.146. The molecule has 2 aromatic rings. The molecule has 1 aliphatic rings. The number of aryl methyl sites for hydroxylation is 1. The second kappa shape index (κ2) is 11.1. The summed E-state index contributed by atoms with van der Waals surface area (Å²) in [4.78, 5) is 24.3. The van der Waals surface area contributed by atoms with Crippen LogP contribution in [-0.2, 0) is 9.53 Å². The van der Waals surface area contributed by atoms with E-state index in [0.29, 0.717) is 28.1 Å². The fourth-order valence-electron chi connectivity index (χ4n) is 4.23. The molecular weight excluding hydrogens is 447 g/mol. The summed E-state index contributed by atoms with van der Waals surface area (Å²) in [6.45, 7) is 4.61. The molecule has 0 saturated heterocycles. The predicted molar refractivity (Wildman–Crippen MR) is 129 cm³/mol. The number of carbonyl (C=O) groups is 2. The van der Waals surface area contributed by atoms with E-state index < -0.39 is 0 Å². The van der Waals surface area contributed by atoms with Crippen molar-refractivity contribution in [2.75, 3.05) is 19.0 Å². The molecule has 0 spiro atoms. The van der Waals surface area contributed by atoms with Crippen LogP contribution in [0.1, 0.15) is 60.1 Å². The number of esters is 1. The summed E-state index contributed by atoms with van der Waals surface area (Å²) in [6, 6.07) is 11.0. The minimum absolute atomic E-state index is 0.00108. The molecule has 2 N–H and O–H groups in total. The van der Waals surface area contributed by atoms with Gasteiger partial charge in [0.15, 0.2) is 0 Å². The summed E-state index contributed by atoms with van der Waals surface area (Å²) >= 11 is 12.4. The summed E-state index contributed by atoms with van der Waals surface area (Å²) in [5.41, 5.74) is 3.46. The van der Waals surface area contributed by atoms with Crippen molar-refractivity contribution in [2.24, 2.45) is 11.8 Å². The smallest absolute Gasteiger partial charge is 0.308 e. The van der Waals surface area contributed by atoms with Crippen molar-refractivity contribution in [3.8, 4) is 0 Å². The molecule has 1 saturated carbocycles. The first-order valence-electron chi connectivity index (χ1n) is 11.0.